The van der Waals surface area contributed by atoms with Crippen molar-refractivity contribution < 1.29 is 28.6 Å². The molecule has 0 amide bonds. The Bertz CT molecular complexity index is 1250. The van der Waals surface area contributed by atoms with Crippen LogP contribution in [0.15, 0.2) is 60.8 Å². The first kappa shape index (κ1) is 66.1. The normalized spacial score (nSPS) is 12.4. The van der Waals surface area contributed by atoms with Gasteiger partial charge in [-0.2, -0.15) is 0 Å². The molecular weight excluding hydrogens is 853 g/mol. The number of carbonyl (C=O) groups excluding carboxylic acids is 3. The minimum Gasteiger partial charge on any atom is -0.462 e. The third-order valence-corrected chi connectivity index (χ3v) is 13.0. The lowest BCUT2D eigenvalue weighted by atomic mass is 10.0. The third kappa shape index (κ3) is 55.9. The van der Waals surface area contributed by atoms with Crippen molar-refractivity contribution in [3.63, 3.8) is 0 Å². The summed E-state index contributed by atoms with van der Waals surface area (Å²) >= 11 is 0. The van der Waals surface area contributed by atoms with Crippen molar-refractivity contribution in [2.24, 2.45) is 0 Å². The standard InChI is InChI=1S/C63H112O6/c1-4-7-10-13-16-19-21-23-25-26-27-28-29-30-31-32-33-34-35-36-38-39-41-44-47-50-53-56-62(65)68-59-60(58-67-61(64)55-52-49-46-43-18-15-12-9-6-3)69-63(66)57-54-51-48-45-42-40-37-24-22-20-17-14-11-8-5-2/h17,20-21,23-24,26-27,29-30,37,60H,4-16,18-19,22,25,28,31-36,38-59H2,1-3H3/b20-17-,23-21-,27-26-,30-29-,37-24-. The van der Waals surface area contributed by atoms with E-state index >= 15 is 0 Å². The van der Waals surface area contributed by atoms with Crippen molar-refractivity contribution in [1.29, 1.82) is 0 Å². The van der Waals surface area contributed by atoms with E-state index < -0.39 is 6.10 Å². The first-order valence-electron chi connectivity index (χ1n) is 29.8. The molecule has 0 aliphatic carbocycles. The van der Waals surface area contributed by atoms with Crippen LogP contribution in [0, 0.1) is 0 Å². The fourth-order valence-corrected chi connectivity index (χ4v) is 8.48. The Hall–Kier alpha value is -2.89. The highest BCUT2D eigenvalue weighted by atomic mass is 16.6. The maximum Gasteiger partial charge on any atom is 0.306 e. The maximum atomic E-state index is 12.8. The Morgan fingerprint density at radius 2 is 0.522 bits per heavy atom. The van der Waals surface area contributed by atoms with Gasteiger partial charge in [0.25, 0.3) is 0 Å². The molecule has 0 spiro atoms. The number of hydrogen-bond acceptors (Lipinski definition) is 6. The molecule has 0 rings (SSSR count). The van der Waals surface area contributed by atoms with Crippen LogP contribution in [-0.2, 0) is 28.6 Å². The van der Waals surface area contributed by atoms with E-state index in [2.05, 4.69) is 81.5 Å². The quantitative estimate of drug-likeness (QED) is 0.0262. The lowest BCUT2D eigenvalue weighted by molar-refractivity contribution is -0.167. The van der Waals surface area contributed by atoms with Crippen molar-refractivity contribution in [2.75, 3.05) is 13.2 Å². The molecule has 0 saturated heterocycles. The van der Waals surface area contributed by atoms with Crippen LogP contribution in [0.5, 0.6) is 0 Å². The van der Waals surface area contributed by atoms with Crippen molar-refractivity contribution in [2.45, 2.75) is 309 Å². The SMILES string of the molecule is CCCCC/C=C\C/C=C\CCCCCCCC(=O)OC(COC(=O)CCCCCCCCCCC)COC(=O)CCCCCCCCCCCCCC/C=C\C/C=C\C/C=C\CCCCCCC. The summed E-state index contributed by atoms with van der Waals surface area (Å²) in [7, 11) is 0. The Kier molecular flexibility index (Phi) is 55.3. The number of allylic oxidation sites excluding steroid dienone is 10. The average molecular weight is 966 g/mol. The Balaban J connectivity index is 4.18. The van der Waals surface area contributed by atoms with Gasteiger partial charge in [0.05, 0.1) is 0 Å². The molecule has 1 unspecified atom stereocenters. The Morgan fingerprint density at radius 3 is 0.841 bits per heavy atom. The second kappa shape index (κ2) is 57.7. The summed E-state index contributed by atoms with van der Waals surface area (Å²) in [5.74, 6) is -0.886. The van der Waals surface area contributed by atoms with E-state index in [0.717, 1.165) is 96.3 Å². The molecule has 6 nitrogen and oxygen atoms in total. The topological polar surface area (TPSA) is 78.9 Å². The summed E-state index contributed by atoms with van der Waals surface area (Å²) < 4.78 is 16.8. The highest BCUT2D eigenvalue weighted by Gasteiger charge is 2.19. The van der Waals surface area contributed by atoms with Crippen LogP contribution in [0.1, 0.15) is 303 Å². The largest absolute Gasteiger partial charge is 0.462 e. The molecule has 69 heavy (non-hydrogen) atoms. The fourth-order valence-electron chi connectivity index (χ4n) is 8.48. The molecule has 0 aromatic carbocycles. The second-order valence-electron chi connectivity index (χ2n) is 19.9. The number of hydrogen-bond donors (Lipinski definition) is 0. The zero-order valence-electron chi connectivity index (χ0n) is 45.8. The van der Waals surface area contributed by atoms with Gasteiger partial charge >= 0.3 is 17.9 Å². The number of ether oxygens (including phenoxy) is 3. The van der Waals surface area contributed by atoms with Gasteiger partial charge in [-0.25, -0.2) is 0 Å². The van der Waals surface area contributed by atoms with Crippen LogP contribution in [0.2, 0.25) is 0 Å². The molecule has 0 aliphatic heterocycles. The molecule has 0 aromatic rings. The molecule has 0 fully saturated rings. The second-order valence-corrected chi connectivity index (χ2v) is 19.9. The molecule has 0 aromatic heterocycles. The molecule has 0 bridgehead atoms. The number of esters is 3. The Morgan fingerprint density at radius 1 is 0.290 bits per heavy atom. The van der Waals surface area contributed by atoms with Gasteiger partial charge in [-0.15, -0.1) is 0 Å². The summed E-state index contributed by atoms with van der Waals surface area (Å²) in [6, 6.07) is 0. The molecule has 1 atom stereocenters. The number of rotatable bonds is 54. The minimum atomic E-state index is -0.779. The summed E-state index contributed by atoms with van der Waals surface area (Å²) in [5.41, 5.74) is 0. The van der Waals surface area contributed by atoms with E-state index in [-0.39, 0.29) is 31.1 Å². The van der Waals surface area contributed by atoms with Crippen molar-refractivity contribution in [1.82, 2.24) is 0 Å². The first-order valence-corrected chi connectivity index (χ1v) is 29.8. The van der Waals surface area contributed by atoms with Gasteiger partial charge in [0.1, 0.15) is 13.2 Å². The molecule has 0 heterocycles. The Labute approximate surface area is 428 Å². The summed E-state index contributed by atoms with van der Waals surface area (Å²) in [5, 5.41) is 0. The summed E-state index contributed by atoms with van der Waals surface area (Å²) in [4.78, 5) is 38.0. The molecule has 0 saturated carbocycles. The van der Waals surface area contributed by atoms with E-state index in [1.807, 2.05) is 0 Å². The lowest BCUT2D eigenvalue weighted by Gasteiger charge is -2.18. The van der Waals surface area contributed by atoms with Gasteiger partial charge in [0.2, 0.25) is 0 Å². The highest BCUT2D eigenvalue weighted by molar-refractivity contribution is 5.71. The molecular formula is C63H112O6. The summed E-state index contributed by atoms with van der Waals surface area (Å²) in [6.45, 7) is 6.59. The minimum absolute atomic E-state index is 0.0780. The van der Waals surface area contributed by atoms with Gasteiger partial charge in [-0.3, -0.25) is 14.4 Å². The zero-order valence-corrected chi connectivity index (χ0v) is 45.8. The van der Waals surface area contributed by atoms with Gasteiger partial charge in [-0.05, 0) is 89.9 Å². The first-order chi connectivity index (χ1) is 34.0. The average Bonchev–Trinajstić information content (AvgIpc) is 3.35. The molecule has 6 heteroatoms. The third-order valence-electron chi connectivity index (χ3n) is 13.0. The van der Waals surface area contributed by atoms with Crippen LogP contribution in [0.4, 0.5) is 0 Å². The van der Waals surface area contributed by atoms with Crippen LogP contribution < -0.4 is 0 Å². The fraction of sp³-hybridized carbons (Fsp3) is 0.794. The van der Waals surface area contributed by atoms with Gasteiger partial charge < -0.3 is 14.2 Å². The molecule has 0 N–H and O–H groups in total. The molecule has 400 valence electrons. The summed E-state index contributed by atoms with van der Waals surface area (Å²) in [6.07, 6.45) is 72.3. The van der Waals surface area contributed by atoms with E-state index in [0.29, 0.717) is 19.3 Å². The molecule has 0 radical (unpaired) electrons. The van der Waals surface area contributed by atoms with Gasteiger partial charge in [0.15, 0.2) is 6.10 Å². The van der Waals surface area contributed by atoms with E-state index in [9.17, 15) is 14.4 Å². The zero-order chi connectivity index (χ0) is 50.0. The number of unbranched alkanes of at least 4 members (excludes halogenated alkanes) is 33. The lowest BCUT2D eigenvalue weighted by Crippen LogP contribution is -2.30. The van der Waals surface area contributed by atoms with Gasteiger partial charge in [-0.1, -0.05) is 255 Å². The predicted octanol–water partition coefficient (Wildman–Crippen LogP) is 20.0. The monoisotopic (exact) mass is 965 g/mol. The van der Waals surface area contributed by atoms with Crippen LogP contribution in [-0.4, -0.2) is 37.2 Å². The van der Waals surface area contributed by atoms with Crippen molar-refractivity contribution in [3.8, 4) is 0 Å². The van der Waals surface area contributed by atoms with Crippen molar-refractivity contribution in [3.05, 3.63) is 60.8 Å². The maximum absolute atomic E-state index is 12.8. The number of carbonyl (C=O) groups is 3. The van der Waals surface area contributed by atoms with Crippen LogP contribution in [0.25, 0.3) is 0 Å². The van der Waals surface area contributed by atoms with Gasteiger partial charge in [0, 0.05) is 19.3 Å². The van der Waals surface area contributed by atoms with E-state index in [4.69, 9.17) is 14.2 Å². The molecule has 0 aliphatic rings. The van der Waals surface area contributed by atoms with Crippen LogP contribution in [0.3, 0.4) is 0 Å². The van der Waals surface area contributed by atoms with E-state index in [1.54, 1.807) is 0 Å². The van der Waals surface area contributed by atoms with Crippen LogP contribution >= 0.6 is 0 Å². The smallest absolute Gasteiger partial charge is 0.306 e. The van der Waals surface area contributed by atoms with E-state index in [1.165, 1.54) is 167 Å². The highest BCUT2D eigenvalue weighted by Crippen LogP contribution is 2.16. The van der Waals surface area contributed by atoms with Crippen molar-refractivity contribution >= 4 is 17.9 Å². The predicted molar refractivity (Wildman–Crippen MR) is 298 cm³/mol.